The average Bonchev–Trinajstić information content (AvgIpc) is 2.49. The van der Waals surface area contributed by atoms with E-state index in [1.165, 1.54) is 38.9 Å². The number of rotatable bonds is 7. The highest BCUT2D eigenvalue weighted by Gasteiger charge is 2.18. The van der Waals surface area contributed by atoms with E-state index in [0.29, 0.717) is 11.8 Å². The Labute approximate surface area is 126 Å². The van der Waals surface area contributed by atoms with Crippen LogP contribution >= 0.6 is 0 Å². The smallest absolute Gasteiger partial charge is 0.255 e. The van der Waals surface area contributed by atoms with Crippen molar-refractivity contribution in [3.8, 4) is 5.75 Å². The predicted octanol–water partition coefficient (Wildman–Crippen LogP) is 1.84. The van der Waals surface area contributed by atoms with Crippen LogP contribution in [0.1, 0.15) is 26.2 Å². The van der Waals surface area contributed by atoms with Gasteiger partial charge in [-0.05, 0) is 50.1 Å². The molecule has 116 valence electrons. The monoisotopic (exact) mass is 291 g/mol. The molecule has 0 radical (unpaired) electrons. The number of benzene rings is 1. The van der Waals surface area contributed by atoms with Gasteiger partial charge in [0.2, 0.25) is 0 Å². The fourth-order valence-corrected chi connectivity index (χ4v) is 2.65. The zero-order chi connectivity index (χ0) is 15.1. The van der Waals surface area contributed by atoms with Gasteiger partial charge >= 0.3 is 0 Å². The molecule has 0 unspecified atom stereocenters. The van der Waals surface area contributed by atoms with E-state index in [1.54, 1.807) is 0 Å². The van der Waals surface area contributed by atoms with E-state index in [4.69, 9.17) is 10.5 Å². The maximum Gasteiger partial charge on any atom is 0.255 e. The summed E-state index contributed by atoms with van der Waals surface area (Å²) < 4.78 is 5.24. The Bertz CT molecular complexity index is 439. The largest absolute Gasteiger partial charge is 0.484 e. The quantitative estimate of drug-likeness (QED) is 0.804. The number of nitrogens with zero attached hydrogens (tertiary/aromatic N) is 1. The van der Waals surface area contributed by atoms with Crippen molar-refractivity contribution in [2.75, 3.05) is 31.6 Å². The molecular formula is C16H25N3O2. The molecule has 0 aliphatic carbocycles. The molecule has 21 heavy (non-hydrogen) atoms. The molecule has 5 heteroatoms. The van der Waals surface area contributed by atoms with Gasteiger partial charge in [0.25, 0.3) is 5.91 Å². The number of hydrogen-bond acceptors (Lipinski definition) is 4. The van der Waals surface area contributed by atoms with E-state index in [9.17, 15) is 4.79 Å². The standard InChI is InChI=1S/C16H25N3O2/c1-2-9-19-10-7-14(8-11-19)18-13-3-5-15(6-4-13)21-12-16(17)20/h3-6,14,18H,2,7-12H2,1H3,(H2,17,20). The summed E-state index contributed by atoms with van der Waals surface area (Å²) in [6.45, 7) is 5.70. The molecule has 1 aliphatic heterocycles. The van der Waals surface area contributed by atoms with Crippen molar-refractivity contribution in [2.45, 2.75) is 32.2 Å². The summed E-state index contributed by atoms with van der Waals surface area (Å²) in [5.74, 6) is 0.202. The van der Waals surface area contributed by atoms with Crippen LogP contribution in [0, 0.1) is 0 Å². The summed E-state index contributed by atoms with van der Waals surface area (Å²) in [6, 6.07) is 8.22. The van der Waals surface area contributed by atoms with Gasteiger partial charge < -0.3 is 20.7 Å². The average molecular weight is 291 g/mol. The van der Waals surface area contributed by atoms with Crippen molar-refractivity contribution in [2.24, 2.45) is 5.73 Å². The molecule has 1 aliphatic rings. The second-order valence-electron chi connectivity index (χ2n) is 5.54. The minimum atomic E-state index is -0.462. The number of hydrogen-bond donors (Lipinski definition) is 2. The molecule has 0 aromatic heterocycles. The fraction of sp³-hybridized carbons (Fsp3) is 0.562. The minimum Gasteiger partial charge on any atom is -0.484 e. The Kier molecular flexibility index (Phi) is 5.87. The molecule has 3 N–H and O–H groups in total. The molecule has 1 fully saturated rings. The number of ether oxygens (including phenoxy) is 1. The van der Waals surface area contributed by atoms with Crippen LogP contribution in [0.25, 0.3) is 0 Å². The Morgan fingerprint density at radius 3 is 2.57 bits per heavy atom. The number of piperidine rings is 1. The maximum atomic E-state index is 10.7. The lowest BCUT2D eigenvalue weighted by molar-refractivity contribution is -0.119. The highest BCUT2D eigenvalue weighted by Crippen LogP contribution is 2.19. The second kappa shape index (κ2) is 7.88. The van der Waals surface area contributed by atoms with E-state index in [0.717, 1.165) is 5.69 Å². The van der Waals surface area contributed by atoms with Crippen molar-refractivity contribution in [1.82, 2.24) is 4.90 Å². The zero-order valence-electron chi connectivity index (χ0n) is 12.7. The van der Waals surface area contributed by atoms with Crippen LogP contribution < -0.4 is 15.8 Å². The zero-order valence-corrected chi connectivity index (χ0v) is 12.7. The predicted molar refractivity (Wildman–Crippen MR) is 84.5 cm³/mol. The van der Waals surface area contributed by atoms with Crippen LogP contribution in [0.3, 0.4) is 0 Å². The first-order chi connectivity index (χ1) is 10.2. The Hall–Kier alpha value is -1.75. The number of nitrogens with two attached hydrogens (primary N) is 1. The first kappa shape index (κ1) is 15.6. The van der Waals surface area contributed by atoms with Crippen LogP contribution in [0.15, 0.2) is 24.3 Å². The third kappa shape index (κ3) is 5.27. The Morgan fingerprint density at radius 1 is 1.33 bits per heavy atom. The van der Waals surface area contributed by atoms with Gasteiger partial charge in [-0.3, -0.25) is 4.79 Å². The van der Waals surface area contributed by atoms with E-state index < -0.39 is 5.91 Å². The van der Waals surface area contributed by atoms with Crippen LogP contribution in [0.2, 0.25) is 0 Å². The second-order valence-corrected chi connectivity index (χ2v) is 5.54. The molecule has 1 aromatic carbocycles. The molecule has 1 amide bonds. The van der Waals surface area contributed by atoms with E-state index in [-0.39, 0.29) is 6.61 Å². The lowest BCUT2D eigenvalue weighted by atomic mass is 10.0. The van der Waals surface area contributed by atoms with Crippen LogP contribution in [0.4, 0.5) is 5.69 Å². The lowest BCUT2D eigenvalue weighted by Crippen LogP contribution is -2.39. The van der Waals surface area contributed by atoms with Crippen LogP contribution in [-0.4, -0.2) is 43.1 Å². The van der Waals surface area contributed by atoms with Crippen molar-refractivity contribution in [1.29, 1.82) is 0 Å². The highest BCUT2D eigenvalue weighted by atomic mass is 16.5. The molecule has 0 bridgehead atoms. The number of carbonyl (C=O) groups excluding carboxylic acids is 1. The van der Waals surface area contributed by atoms with Crippen molar-refractivity contribution >= 4 is 11.6 Å². The number of nitrogens with one attached hydrogen (secondary N) is 1. The van der Waals surface area contributed by atoms with Gasteiger partial charge in [-0.15, -0.1) is 0 Å². The number of anilines is 1. The minimum absolute atomic E-state index is 0.0807. The Morgan fingerprint density at radius 2 is 2.00 bits per heavy atom. The number of likely N-dealkylation sites (tertiary alicyclic amines) is 1. The fourth-order valence-electron chi connectivity index (χ4n) is 2.65. The van der Waals surface area contributed by atoms with Gasteiger partial charge in [-0.2, -0.15) is 0 Å². The third-order valence-corrected chi connectivity index (χ3v) is 3.73. The molecule has 5 nitrogen and oxygen atoms in total. The first-order valence-electron chi connectivity index (χ1n) is 7.67. The van der Waals surface area contributed by atoms with Gasteiger partial charge in [-0.25, -0.2) is 0 Å². The summed E-state index contributed by atoms with van der Waals surface area (Å²) in [6.07, 6.45) is 3.59. The van der Waals surface area contributed by atoms with E-state index in [2.05, 4.69) is 17.1 Å². The molecular weight excluding hydrogens is 266 g/mol. The summed E-state index contributed by atoms with van der Waals surface area (Å²) in [5, 5.41) is 3.56. The van der Waals surface area contributed by atoms with Crippen molar-refractivity contribution in [3.05, 3.63) is 24.3 Å². The van der Waals surface area contributed by atoms with Gasteiger partial charge in [0, 0.05) is 24.8 Å². The molecule has 1 heterocycles. The Balaban J connectivity index is 1.77. The van der Waals surface area contributed by atoms with Gasteiger partial charge in [0.1, 0.15) is 5.75 Å². The molecule has 2 rings (SSSR count). The summed E-state index contributed by atoms with van der Waals surface area (Å²) in [7, 11) is 0. The van der Waals surface area contributed by atoms with Gasteiger partial charge in [0.05, 0.1) is 0 Å². The lowest BCUT2D eigenvalue weighted by Gasteiger charge is -2.32. The van der Waals surface area contributed by atoms with Crippen LogP contribution in [0.5, 0.6) is 5.75 Å². The number of primary amides is 1. The SMILES string of the molecule is CCCN1CCC(Nc2ccc(OCC(N)=O)cc2)CC1. The third-order valence-electron chi connectivity index (χ3n) is 3.73. The van der Waals surface area contributed by atoms with Gasteiger partial charge in [-0.1, -0.05) is 6.92 Å². The van der Waals surface area contributed by atoms with E-state index in [1.807, 2.05) is 24.3 Å². The summed E-state index contributed by atoms with van der Waals surface area (Å²) >= 11 is 0. The molecule has 0 spiro atoms. The molecule has 1 saturated heterocycles. The topological polar surface area (TPSA) is 67.6 Å². The van der Waals surface area contributed by atoms with Crippen molar-refractivity contribution < 1.29 is 9.53 Å². The van der Waals surface area contributed by atoms with E-state index >= 15 is 0 Å². The molecule has 0 atom stereocenters. The summed E-state index contributed by atoms with van der Waals surface area (Å²) in [5.41, 5.74) is 6.14. The van der Waals surface area contributed by atoms with Crippen molar-refractivity contribution in [3.63, 3.8) is 0 Å². The van der Waals surface area contributed by atoms with Crippen LogP contribution in [-0.2, 0) is 4.79 Å². The molecule has 1 aromatic rings. The number of amides is 1. The normalized spacial score (nSPS) is 16.6. The maximum absolute atomic E-state index is 10.7. The molecule has 0 saturated carbocycles. The first-order valence-corrected chi connectivity index (χ1v) is 7.67. The number of carbonyl (C=O) groups is 1. The summed E-state index contributed by atoms with van der Waals surface area (Å²) in [4.78, 5) is 13.2. The van der Waals surface area contributed by atoms with Gasteiger partial charge in [0.15, 0.2) is 6.61 Å². The highest BCUT2D eigenvalue weighted by molar-refractivity contribution is 5.75.